The number of hydrogen-bond acceptors (Lipinski definition) is 7. The Labute approximate surface area is 326 Å². The van der Waals surface area contributed by atoms with E-state index in [0.29, 0.717) is 29.5 Å². The number of ether oxygens (including phenoxy) is 1. The van der Waals surface area contributed by atoms with Crippen molar-refractivity contribution < 1.29 is 19.4 Å². The van der Waals surface area contributed by atoms with E-state index >= 15 is 0 Å². The van der Waals surface area contributed by atoms with Crippen molar-refractivity contribution in [3.05, 3.63) is 150 Å². The highest BCUT2D eigenvalue weighted by Crippen LogP contribution is 2.48. The molecule has 7 nitrogen and oxygen atoms in total. The third kappa shape index (κ3) is 10.6. The molecule has 5 aromatic carbocycles. The van der Waals surface area contributed by atoms with Gasteiger partial charge in [-0.05, 0) is 78.8 Å². The first-order valence-corrected chi connectivity index (χ1v) is 20.4. The van der Waals surface area contributed by atoms with Crippen molar-refractivity contribution in [3.63, 3.8) is 0 Å². The quantitative estimate of drug-likeness (QED) is 0.0579. The van der Waals surface area contributed by atoms with Gasteiger partial charge in [0.05, 0.1) is 10.8 Å². The SMILES string of the molecule is CSCC[C@H](NC(=S)c1cc(NC[C@H](CSC(c2ccccc2)(c2ccccc2)c2ccccc2)NC(=O)OC(C)(C)C)cc2ccccc12)C(=O)O. The molecule has 0 heterocycles. The van der Waals surface area contributed by atoms with E-state index in [4.69, 9.17) is 17.0 Å². The lowest BCUT2D eigenvalue weighted by atomic mass is 9.84. The minimum absolute atomic E-state index is 0.367. The van der Waals surface area contributed by atoms with Crippen molar-refractivity contribution in [3.8, 4) is 0 Å². The summed E-state index contributed by atoms with van der Waals surface area (Å²) < 4.78 is 5.16. The third-order valence-electron chi connectivity index (χ3n) is 8.64. The van der Waals surface area contributed by atoms with Gasteiger partial charge in [0, 0.05) is 23.5 Å². The number of alkyl carbamates (subject to hydrolysis) is 1. The number of hydrogen-bond donors (Lipinski definition) is 4. The van der Waals surface area contributed by atoms with Gasteiger partial charge in [-0.15, -0.1) is 11.8 Å². The largest absolute Gasteiger partial charge is 0.480 e. The molecule has 0 saturated heterocycles. The number of carboxylic acid groups (broad SMARTS) is 1. The summed E-state index contributed by atoms with van der Waals surface area (Å²) in [5, 5.41) is 21.6. The van der Waals surface area contributed by atoms with Crippen molar-refractivity contribution in [1.29, 1.82) is 0 Å². The predicted octanol–water partition coefficient (Wildman–Crippen LogP) is 9.34. The van der Waals surface area contributed by atoms with Crippen LogP contribution in [0.4, 0.5) is 10.5 Å². The fourth-order valence-electron chi connectivity index (χ4n) is 6.19. The van der Waals surface area contributed by atoms with Gasteiger partial charge in [-0.2, -0.15) is 11.8 Å². The van der Waals surface area contributed by atoms with Crippen LogP contribution < -0.4 is 16.0 Å². The molecule has 0 unspecified atom stereocenters. The zero-order chi connectivity index (χ0) is 37.8. The number of thioether (sulfide) groups is 2. The Morgan fingerprint density at radius 2 is 1.34 bits per heavy atom. The summed E-state index contributed by atoms with van der Waals surface area (Å²) in [4.78, 5) is 25.8. The Morgan fingerprint density at radius 3 is 1.87 bits per heavy atom. The van der Waals surface area contributed by atoms with Crippen LogP contribution in [0.1, 0.15) is 49.4 Å². The van der Waals surface area contributed by atoms with Gasteiger partial charge < -0.3 is 25.8 Å². The molecule has 276 valence electrons. The van der Waals surface area contributed by atoms with Crippen LogP contribution in [0.15, 0.2) is 127 Å². The predicted molar refractivity (Wildman–Crippen MR) is 227 cm³/mol. The topological polar surface area (TPSA) is 99.7 Å². The number of thiocarbonyl (C=S) groups is 1. The molecular formula is C43H47N3O4S3. The Morgan fingerprint density at radius 1 is 0.792 bits per heavy atom. The molecular weight excluding hydrogens is 719 g/mol. The molecule has 10 heteroatoms. The molecule has 0 saturated carbocycles. The number of anilines is 1. The van der Waals surface area contributed by atoms with Crippen LogP contribution in [0.25, 0.3) is 10.8 Å². The van der Waals surface area contributed by atoms with E-state index in [0.717, 1.165) is 38.7 Å². The lowest BCUT2D eigenvalue weighted by Crippen LogP contribution is -2.45. The minimum atomic E-state index is -0.939. The number of aliphatic carboxylic acids is 1. The number of fused-ring (bicyclic) bond motifs is 1. The molecule has 5 aromatic rings. The van der Waals surface area contributed by atoms with Crippen molar-refractivity contribution >= 4 is 69.3 Å². The molecule has 2 atom stereocenters. The molecule has 0 aliphatic heterocycles. The second kappa shape index (κ2) is 18.5. The van der Waals surface area contributed by atoms with Gasteiger partial charge in [-0.1, -0.05) is 127 Å². The fraction of sp³-hybridized carbons (Fsp3) is 0.279. The van der Waals surface area contributed by atoms with Gasteiger partial charge >= 0.3 is 12.1 Å². The van der Waals surface area contributed by atoms with E-state index < -0.39 is 28.5 Å². The molecule has 0 aromatic heterocycles. The normalized spacial score (nSPS) is 12.8. The van der Waals surface area contributed by atoms with Crippen molar-refractivity contribution in [1.82, 2.24) is 10.6 Å². The number of amides is 1. The van der Waals surface area contributed by atoms with Crippen LogP contribution in [-0.4, -0.2) is 64.1 Å². The molecule has 53 heavy (non-hydrogen) atoms. The standard InChI is InChI=1S/C43H47N3O4S3/c1-42(2,3)50-41(49)45-35(29-53-43(31-17-8-5-9-18-31,32-19-10-6-11-20-32)33-21-12-7-13-22-33)28-44-34-26-30-16-14-15-23-36(30)37(27-34)39(51)46-38(40(47)48)24-25-52-4/h5-23,26-27,35,38,44H,24-25,28-29H2,1-4H3,(H,45,49)(H,46,51)(H,47,48)/t35-,38+/m1/s1. The number of carbonyl (C=O) groups is 2. The van der Waals surface area contributed by atoms with Crippen LogP contribution in [0, 0.1) is 0 Å². The van der Waals surface area contributed by atoms with Crippen molar-refractivity contribution in [2.45, 2.75) is 49.6 Å². The fourth-order valence-corrected chi connectivity index (χ4v) is 8.53. The maximum absolute atomic E-state index is 13.3. The lowest BCUT2D eigenvalue weighted by Gasteiger charge is -2.37. The van der Waals surface area contributed by atoms with Crippen LogP contribution in [0.2, 0.25) is 0 Å². The van der Waals surface area contributed by atoms with E-state index in [1.807, 2.05) is 81.6 Å². The highest BCUT2D eigenvalue weighted by molar-refractivity contribution is 8.00. The molecule has 0 spiro atoms. The molecule has 0 aliphatic rings. The van der Waals surface area contributed by atoms with Crippen LogP contribution in [-0.2, 0) is 14.3 Å². The molecule has 0 bridgehead atoms. The maximum Gasteiger partial charge on any atom is 0.407 e. The second-order valence-electron chi connectivity index (χ2n) is 13.7. The van der Waals surface area contributed by atoms with E-state index in [1.54, 1.807) is 23.5 Å². The number of carbonyl (C=O) groups excluding carboxylic acids is 1. The smallest absolute Gasteiger partial charge is 0.407 e. The summed E-state index contributed by atoms with van der Waals surface area (Å²) in [6.45, 7) is 5.93. The Hall–Kier alpha value is -4.51. The van der Waals surface area contributed by atoms with E-state index in [9.17, 15) is 14.7 Å². The Balaban J connectivity index is 1.48. The number of carboxylic acids is 1. The second-order valence-corrected chi connectivity index (χ2v) is 16.3. The Kier molecular flexibility index (Phi) is 13.9. The van der Waals surface area contributed by atoms with Crippen LogP contribution in [0.3, 0.4) is 0 Å². The van der Waals surface area contributed by atoms with Crippen LogP contribution >= 0.6 is 35.7 Å². The highest BCUT2D eigenvalue weighted by atomic mass is 32.2. The molecule has 0 aliphatic carbocycles. The molecule has 4 N–H and O–H groups in total. The van der Waals surface area contributed by atoms with Crippen LogP contribution in [0.5, 0.6) is 0 Å². The summed E-state index contributed by atoms with van der Waals surface area (Å²) in [6, 6.07) is 42.1. The molecule has 5 rings (SSSR count). The summed E-state index contributed by atoms with van der Waals surface area (Å²) in [5.74, 6) is 0.284. The van der Waals surface area contributed by atoms with Gasteiger partial charge in [0.25, 0.3) is 0 Å². The van der Waals surface area contributed by atoms with Gasteiger partial charge in [0.2, 0.25) is 0 Å². The number of nitrogens with one attached hydrogen (secondary N) is 3. The average molecular weight is 766 g/mol. The highest BCUT2D eigenvalue weighted by Gasteiger charge is 2.38. The molecule has 0 fully saturated rings. The van der Waals surface area contributed by atoms with Crippen molar-refractivity contribution in [2.24, 2.45) is 0 Å². The number of rotatable bonds is 16. The van der Waals surface area contributed by atoms with Gasteiger partial charge in [0.15, 0.2) is 0 Å². The number of benzene rings is 5. The summed E-state index contributed by atoms with van der Waals surface area (Å²) in [5.41, 5.74) is 4.24. The summed E-state index contributed by atoms with van der Waals surface area (Å²) >= 11 is 9.19. The van der Waals surface area contributed by atoms with Gasteiger partial charge in [-0.25, -0.2) is 9.59 Å². The van der Waals surface area contributed by atoms with Gasteiger partial charge in [-0.3, -0.25) is 0 Å². The minimum Gasteiger partial charge on any atom is -0.480 e. The monoisotopic (exact) mass is 765 g/mol. The summed E-state index contributed by atoms with van der Waals surface area (Å²) in [7, 11) is 0. The Bertz CT molecular complexity index is 1870. The maximum atomic E-state index is 13.3. The first-order chi connectivity index (χ1) is 25.5. The van der Waals surface area contributed by atoms with E-state index in [1.165, 1.54) is 0 Å². The summed E-state index contributed by atoms with van der Waals surface area (Å²) in [6.07, 6.45) is 1.90. The zero-order valence-corrected chi connectivity index (χ0v) is 33.0. The average Bonchev–Trinajstić information content (AvgIpc) is 3.15. The molecule has 0 radical (unpaired) electrons. The third-order valence-corrected chi connectivity index (χ3v) is 11.3. The first kappa shape index (κ1) is 39.7. The first-order valence-electron chi connectivity index (χ1n) is 17.6. The zero-order valence-electron chi connectivity index (χ0n) is 30.5. The lowest BCUT2D eigenvalue weighted by molar-refractivity contribution is -0.139. The van der Waals surface area contributed by atoms with Crippen molar-refractivity contribution in [2.75, 3.05) is 29.6 Å². The van der Waals surface area contributed by atoms with E-state index in [-0.39, 0.29) is 6.04 Å². The molecule has 1 amide bonds. The van der Waals surface area contributed by atoms with E-state index in [2.05, 4.69) is 88.7 Å². The van der Waals surface area contributed by atoms with Gasteiger partial charge in [0.1, 0.15) is 16.6 Å².